The minimum atomic E-state index is -0.194. The summed E-state index contributed by atoms with van der Waals surface area (Å²) in [5.41, 5.74) is 6.75. The molecule has 0 aromatic carbocycles. The SMILES string of the molecule is NCc1n[nH]c2nc(-c3cc[nH]c3)cc(=O)n12. The van der Waals surface area contributed by atoms with Crippen LogP contribution in [0.1, 0.15) is 5.82 Å². The van der Waals surface area contributed by atoms with Gasteiger partial charge in [0, 0.05) is 24.0 Å². The van der Waals surface area contributed by atoms with Crippen molar-refractivity contribution < 1.29 is 0 Å². The molecule has 0 fully saturated rings. The molecule has 3 aromatic heterocycles. The van der Waals surface area contributed by atoms with Gasteiger partial charge in [-0.1, -0.05) is 0 Å². The molecule has 17 heavy (non-hydrogen) atoms. The molecule has 0 aliphatic heterocycles. The monoisotopic (exact) mass is 230 g/mol. The molecule has 0 saturated carbocycles. The summed E-state index contributed by atoms with van der Waals surface area (Å²) in [5, 5.41) is 6.63. The van der Waals surface area contributed by atoms with Crippen LogP contribution in [-0.4, -0.2) is 24.6 Å². The van der Waals surface area contributed by atoms with E-state index in [-0.39, 0.29) is 12.1 Å². The van der Waals surface area contributed by atoms with E-state index < -0.39 is 0 Å². The lowest BCUT2D eigenvalue weighted by atomic mass is 10.2. The first-order valence-corrected chi connectivity index (χ1v) is 5.10. The molecule has 0 spiro atoms. The predicted molar refractivity (Wildman–Crippen MR) is 61.3 cm³/mol. The highest BCUT2D eigenvalue weighted by Crippen LogP contribution is 2.14. The standard InChI is InChI=1S/C10H10N6O/c11-4-8-14-15-10-13-7(3-9(17)16(8)10)6-1-2-12-5-6/h1-3,5,12H,4,11H2,(H,13,15). The number of hydrogen-bond donors (Lipinski definition) is 3. The van der Waals surface area contributed by atoms with Gasteiger partial charge in [-0.2, -0.15) is 5.10 Å². The fourth-order valence-corrected chi connectivity index (χ4v) is 1.74. The molecule has 3 aromatic rings. The fraction of sp³-hybridized carbons (Fsp3) is 0.100. The van der Waals surface area contributed by atoms with Gasteiger partial charge in [-0.15, -0.1) is 0 Å². The highest BCUT2D eigenvalue weighted by molar-refractivity contribution is 5.59. The van der Waals surface area contributed by atoms with Gasteiger partial charge in [0.15, 0.2) is 5.82 Å². The van der Waals surface area contributed by atoms with Crippen LogP contribution in [0, 0.1) is 0 Å². The van der Waals surface area contributed by atoms with E-state index in [1.54, 1.807) is 12.4 Å². The number of hydrogen-bond acceptors (Lipinski definition) is 4. The van der Waals surface area contributed by atoms with E-state index in [9.17, 15) is 4.79 Å². The van der Waals surface area contributed by atoms with Crippen LogP contribution >= 0.6 is 0 Å². The van der Waals surface area contributed by atoms with Crippen molar-refractivity contribution in [2.45, 2.75) is 6.54 Å². The zero-order valence-electron chi connectivity index (χ0n) is 8.84. The number of rotatable bonds is 2. The Labute approximate surface area is 95.3 Å². The third kappa shape index (κ3) is 1.44. The maximum absolute atomic E-state index is 11.9. The Morgan fingerprint density at radius 1 is 1.47 bits per heavy atom. The maximum atomic E-state index is 11.9. The maximum Gasteiger partial charge on any atom is 0.261 e. The van der Waals surface area contributed by atoms with Crippen molar-refractivity contribution in [2.75, 3.05) is 0 Å². The van der Waals surface area contributed by atoms with E-state index in [2.05, 4.69) is 20.2 Å². The first-order valence-electron chi connectivity index (χ1n) is 5.10. The zero-order chi connectivity index (χ0) is 11.8. The summed E-state index contributed by atoms with van der Waals surface area (Å²) in [4.78, 5) is 19.2. The third-order valence-corrected chi connectivity index (χ3v) is 2.54. The van der Waals surface area contributed by atoms with E-state index in [4.69, 9.17) is 5.73 Å². The van der Waals surface area contributed by atoms with Crippen LogP contribution in [0.2, 0.25) is 0 Å². The van der Waals surface area contributed by atoms with Crippen LogP contribution < -0.4 is 11.3 Å². The van der Waals surface area contributed by atoms with Gasteiger partial charge in [0.1, 0.15) is 0 Å². The van der Waals surface area contributed by atoms with Crippen molar-refractivity contribution in [2.24, 2.45) is 5.73 Å². The van der Waals surface area contributed by atoms with Gasteiger partial charge in [-0.3, -0.25) is 4.79 Å². The number of H-pyrrole nitrogens is 2. The Hall–Kier alpha value is -2.41. The molecule has 0 amide bonds. The summed E-state index contributed by atoms with van der Waals surface area (Å²) in [6, 6.07) is 3.31. The average molecular weight is 230 g/mol. The molecular formula is C10H10N6O. The molecule has 0 aliphatic carbocycles. The summed E-state index contributed by atoms with van der Waals surface area (Å²) >= 11 is 0. The third-order valence-electron chi connectivity index (χ3n) is 2.54. The van der Waals surface area contributed by atoms with Gasteiger partial charge < -0.3 is 10.7 Å². The van der Waals surface area contributed by atoms with Crippen LogP contribution in [0.4, 0.5) is 0 Å². The van der Waals surface area contributed by atoms with Crippen LogP contribution in [0.15, 0.2) is 29.3 Å². The summed E-state index contributed by atoms with van der Waals surface area (Å²) in [5.74, 6) is 0.868. The van der Waals surface area contributed by atoms with Gasteiger partial charge in [0.05, 0.1) is 12.2 Å². The molecule has 7 heteroatoms. The Kier molecular flexibility index (Phi) is 2.05. The molecule has 0 unspecified atom stereocenters. The zero-order valence-corrected chi connectivity index (χ0v) is 8.84. The van der Waals surface area contributed by atoms with Crippen molar-refractivity contribution in [3.63, 3.8) is 0 Å². The van der Waals surface area contributed by atoms with Gasteiger partial charge in [0.2, 0.25) is 5.78 Å². The van der Waals surface area contributed by atoms with Crippen LogP contribution in [0.25, 0.3) is 17.0 Å². The molecule has 0 aliphatic rings. The van der Waals surface area contributed by atoms with Gasteiger partial charge in [-0.05, 0) is 6.07 Å². The van der Waals surface area contributed by atoms with Crippen LogP contribution in [-0.2, 0) is 6.54 Å². The summed E-state index contributed by atoms with van der Waals surface area (Å²) in [6.07, 6.45) is 3.55. The second kappa shape index (κ2) is 3.56. The Morgan fingerprint density at radius 3 is 3.06 bits per heavy atom. The lowest BCUT2D eigenvalue weighted by Gasteiger charge is -1.98. The lowest BCUT2D eigenvalue weighted by molar-refractivity contribution is 0.867. The van der Waals surface area contributed by atoms with E-state index in [1.165, 1.54) is 10.5 Å². The number of nitrogens with two attached hydrogens (primary N) is 1. The molecular weight excluding hydrogens is 220 g/mol. The summed E-state index contributed by atoms with van der Waals surface area (Å²) < 4.78 is 1.37. The summed E-state index contributed by atoms with van der Waals surface area (Å²) in [7, 11) is 0. The van der Waals surface area contributed by atoms with E-state index in [1.807, 2.05) is 6.07 Å². The smallest absolute Gasteiger partial charge is 0.261 e. The van der Waals surface area contributed by atoms with Gasteiger partial charge >= 0.3 is 0 Å². The highest BCUT2D eigenvalue weighted by Gasteiger charge is 2.09. The number of aromatic amines is 2. The van der Waals surface area contributed by atoms with E-state index in [0.717, 1.165) is 5.56 Å². The Bertz CT molecular complexity index is 708. The number of nitrogens with zero attached hydrogens (tertiary/aromatic N) is 3. The minimum Gasteiger partial charge on any atom is -0.367 e. The molecule has 0 atom stereocenters. The topological polar surface area (TPSA) is 105 Å². The molecule has 3 heterocycles. The van der Waals surface area contributed by atoms with Crippen LogP contribution in [0.5, 0.6) is 0 Å². The van der Waals surface area contributed by atoms with Crippen molar-refractivity contribution in [3.8, 4) is 11.3 Å². The fourth-order valence-electron chi connectivity index (χ4n) is 1.74. The molecule has 0 saturated heterocycles. The number of aromatic nitrogens is 5. The van der Waals surface area contributed by atoms with E-state index in [0.29, 0.717) is 17.3 Å². The quantitative estimate of drug-likeness (QED) is 0.570. The normalized spacial score (nSPS) is 11.1. The molecule has 0 radical (unpaired) electrons. The van der Waals surface area contributed by atoms with Crippen molar-refractivity contribution in [1.82, 2.24) is 24.6 Å². The van der Waals surface area contributed by atoms with Crippen molar-refractivity contribution >= 4 is 5.78 Å². The first-order chi connectivity index (χ1) is 8.29. The number of fused-ring (bicyclic) bond motifs is 1. The average Bonchev–Trinajstić information content (AvgIpc) is 2.97. The first kappa shape index (κ1) is 9.79. The minimum absolute atomic E-state index is 0.186. The predicted octanol–water partition coefficient (Wildman–Crippen LogP) is -0.129. The highest BCUT2D eigenvalue weighted by atomic mass is 16.1. The van der Waals surface area contributed by atoms with E-state index >= 15 is 0 Å². The lowest BCUT2D eigenvalue weighted by Crippen LogP contribution is -2.17. The van der Waals surface area contributed by atoms with Crippen LogP contribution in [0.3, 0.4) is 0 Å². The molecule has 0 bridgehead atoms. The largest absolute Gasteiger partial charge is 0.367 e. The summed E-state index contributed by atoms with van der Waals surface area (Å²) in [6.45, 7) is 0.186. The Morgan fingerprint density at radius 2 is 2.35 bits per heavy atom. The second-order valence-corrected chi connectivity index (χ2v) is 3.58. The molecule has 3 rings (SSSR count). The molecule has 7 nitrogen and oxygen atoms in total. The van der Waals surface area contributed by atoms with Crippen molar-refractivity contribution in [3.05, 3.63) is 40.7 Å². The van der Waals surface area contributed by atoms with Gasteiger partial charge in [0.25, 0.3) is 5.56 Å². The second-order valence-electron chi connectivity index (χ2n) is 3.58. The number of nitrogens with one attached hydrogen (secondary N) is 2. The molecule has 86 valence electrons. The Balaban J connectivity index is 2.29. The molecule has 4 N–H and O–H groups in total. The van der Waals surface area contributed by atoms with Crippen molar-refractivity contribution in [1.29, 1.82) is 0 Å². The van der Waals surface area contributed by atoms with Gasteiger partial charge in [-0.25, -0.2) is 14.5 Å².